The Balaban J connectivity index is 1.32. The highest BCUT2D eigenvalue weighted by molar-refractivity contribution is 7.12. The first-order chi connectivity index (χ1) is 16.1. The molecule has 9 heteroatoms. The maximum atomic E-state index is 13.1. The molecule has 0 radical (unpaired) electrons. The number of piperazine rings is 1. The molecule has 0 aromatic carbocycles. The normalized spacial score (nSPS) is 14.8. The van der Waals surface area contributed by atoms with E-state index >= 15 is 0 Å². The lowest BCUT2D eigenvalue weighted by molar-refractivity contribution is 0.0992. The van der Waals surface area contributed by atoms with Crippen molar-refractivity contribution in [1.82, 2.24) is 30.0 Å². The van der Waals surface area contributed by atoms with Crippen LogP contribution in [0.1, 0.15) is 29.9 Å². The van der Waals surface area contributed by atoms with E-state index < -0.39 is 0 Å². The molecule has 1 aliphatic heterocycles. The zero-order chi connectivity index (χ0) is 22.8. The lowest BCUT2D eigenvalue weighted by Gasteiger charge is -2.37. The van der Waals surface area contributed by atoms with E-state index in [1.165, 1.54) is 11.3 Å². The molecule has 0 amide bonds. The van der Waals surface area contributed by atoms with Crippen molar-refractivity contribution in [3.8, 4) is 10.7 Å². The third-order valence-electron chi connectivity index (χ3n) is 6.02. The molecular weight excluding hydrogens is 434 g/mol. The van der Waals surface area contributed by atoms with Crippen LogP contribution in [0.3, 0.4) is 0 Å². The van der Waals surface area contributed by atoms with Gasteiger partial charge in [-0.3, -0.25) is 19.7 Å². The molecule has 4 aromatic heterocycles. The molecule has 5 heterocycles. The summed E-state index contributed by atoms with van der Waals surface area (Å²) in [5, 5.41) is 10.6. The molecule has 0 aliphatic carbocycles. The fourth-order valence-corrected chi connectivity index (χ4v) is 4.60. The number of nitrogens with zero attached hydrogens (tertiary/aromatic N) is 7. The number of anilines is 1. The van der Waals surface area contributed by atoms with Crippen LogP contribution in [0.25, 0.3) is 21.5 Å². The van der Waals surface area contributed by atoms with Gasteiger partial charge in [-0.15, -0.1) is 10.2 Å². The standard InChI is InChI=1S/C24H25N7OS/c1-16(2)30-5-7-31(8-6-30)23-11-17(3-4-25-23)22(32)12-20-9-18-10-21(24-29-28-15-33-24)27-14-19(18)13-26-20/h3-4,9-11,13-16H,5-8,12H2,1-2H3. The zero-order valence-corrected chi connectivity index (χ0v) is 19.5. The van der Waals surface area contributed by atoms with Crippen LogP contribution in [0.5, 0.6) is 0 Å². The first-order valence-corrected chi connectivity index (χ1v) is 11.9. The molecule has 33 heavy (non-hydrogen) atoms. The zero-order valence-electron chi connectivity index (χ0n) is 18.7. The highest BCUT2D eigenvalue weighted by atomic mass is 32.1. The van der Waals surface area contributed by atoms with Gasteiger partial charge in [0.05, 0.1) is 6.42 Å². The van der Waals surface area contributed by atoms with Crippen molar-refractivity contribution in [2.75, 3.05) is 31.1 Å². The molecule has 5 rings (SSSR count). The molecule has 8 nitrogen and oxygen atoms in total. The van der Waals surface area contributed by atoms with Crippen molar-refractivity contribution in [1.29, 1.82) is 0 Å². The Bertz CT molecular complexity index is 1270. The molecule has 1 fully saturated rings. The van der Waals surface area contributed by atoms with E-state index in [1.54, 1.807) is 30.2 Å². The largest absolute Gasteiger partial charge is 0.354 e. The monoisotopic (exact) mass is 459 g/mol. The van der Waals surface area contributed by atoms with E-state index in [4.69, 9.17) is 0 Å². The third kappa shape index (κ3) is 4.74. The van der Waals surface area contributed by atoms with Crippen LogP contribution in [0, 0.1) is 0 Å². The summed E-state index contributed by atoms with van der Waals surface area (Å²) in [7, 11) is 0. The predicted octanol–water partition coefficient (Wildman–Crippen LogP) is 3.50. The number of hydrogen-bond donors (Lipinski definition) is 0. The van der Waals surface area contributed by atoms with Gasteiger partial charge in [0.1, 0.15) is 17.0 Å². The highest BCUT2D eigenvalue weighted by Crippen LogP contribution is 2.23. The highest BCUT2D eigenvalue weighted by Gasteiger charge is 2.20. The van der Waals surface area contributed by atoms with Crippen LogP contribution in [0.4, 0.5) is 5.82 Å². The number of fused-ring (bicyclic) bond motifs is 1. The number of pyridine rings is 3. The van der Waals surface area contributed by atoms with Gasteiger partial charge in [-0.25, -0.2) is 4.98 Å². The first-order valence-electron chi connectivity index (χ1n) is 11.1. The molecule has 168 valence electrons. The van der Waals surface area contributed by atoms with Crippen molar-refractivity contribution >= 4 is 33.7 Å². The number of carbonyl (C=O) groups is 1. The lowest BCUT2D eigenvalue weighted by Crippen LogP contribution is -2.49. The molecule has 4 aromatic rings. The van der Waals surface area contributed by atoms with Gasteiger partial charge in [-0.1, -0.05) is 11.3 Å². The van der Waals surface area contributed by atoms with Crippen molar-refractivity contribution in [3.63, 3.8) is 0 Å². The van der Waals surface area contributed by atoms with Gasteiger partial charge >= 0.3 is 0 Å². The topological polar surface area (TPSA) is 88.0 Å². The van der Waals surface area contributed by atoms with Gasteiger partial charge in [0, 0.05) is 67.5 Å². The Hall–Kier alpha value is -3.30. The summed E-state index contributed by atoms with van der Waals surface area (Å²) in [6, 6.07) is 8.16. The van der Waals surface area contributed by atoms with Gasteiger partial charge in [0.2, 0.25) is 0 Å². The minimum absolute atomic E-state index is 0.0321. The van der Waals surface area contributed by atoms with E-state index in [9.17, 15) is 4.79 Å². The van der Waals surface area contributed by atoms with Crippen LogP contribution < -0.4 is 4.90 Å². The fraction of sp³-hybridized carbons (Fsp3) is 0.333. The minimum atomic E-state index is 0.0321. The molecule has 0 atom stereocenters. The van der Waals surface area contributed by atoms with E-state index in [2.05, 4.69) is 48.8 Å². The second-order valence-corrected chi connectivity index (χ2v) is 9.29. The summed E-state index contributed by atoms with van der Waals surface area (Å²) >= 11 is 1.44. The Morgan fingerprint density at radius 3 is 2.61 bits per heavy atom. The van der Waals surface area contributed by atoms with E-state index in [0.29, 0.717) is 11.6 Å². The molecule has 1 saturated heterocycles. The minimum Gasteiger partial charge on any atom is -0.354 e. The number of rotatable bonds is 6. The number of hydrogen-bond acceptors (Lipinski definition) is 9. The molecule has 0 N–H and O–H groups in total. The average molecular weight is 460 g/mol. The van der Waals surface area contributed by atoms with E-state index in [-0.39, 0.29) is 12.2 Å². The smallest absolute Gasteiger partial charge is 0.169 e. The number of Topliss-reactive ketones (excluding diaryl/α,β-unsaturated/α-hetero) is 1. The maximum Gasteiger partial charge on any atom is 0.169 e. The fourth-order valence-electron chi connectivity index (χ4n) is 4.08. The summed E-state index contributed by atoms with van der Waals surface area (Å²) in [6.07, 6.45) is 5.50. The van der Waals surface area contributed by atoms with Crippen molar-refractivity contribution in [2.24, 2.45) is 0 Å². The van der Waals surface area contributed by atoms with Gasteiger partial charge in [0.15, 0.2) is 10.8 Å². The van der Waals surface area contributed by atoms with Crippen molar-refractivity contribution < 1.29 is 4.79 Å². The Morgan fingerprint density at radius 2 is 1.85 bits per heavy atom. The summed E-state index contributed by atoms with van der Waals surface area (Å²) in [5.41, 5.74) is 3.85. The molecule has 0 saturated carbocycles. The van der Waals surface area contributed by atoms with Crippen molar-refractivity contribution in [2.45, 2.75) is 26.3 Å². The Kier molecular flexibility index (Phi) is 6.06. The average Bonchev–Trinajstić information content (AvgIpc) is 3.39. The first kappa shape index (κ1) is 21.5. The summed E-state index contributed by atoms with van der Waals surface area (Å²) < 4.78 is 0. The lowest BCUT2D eigenvalue weighted by atomic mass is 10.1. The molecule has 1 aliphatic rings. The van der Waals surface area contributed by atoms with Crippen LogP contribution in [-0.4, -0.2) is 68.1 Å². The van der Waals surface area contributed by atoms with E-state index in [1.807, 2.05) is 18.2 Å². The van der Waals surface area contributed by atoms with Gasteiger partial charge in [0.25, 0.3) is 0 Å². The van der Waals surface area contributed by atoms with Crippen molar-refractivity contribution in [3.05, 3.63) is 59.6 Å². The second kappa shape index (κ2) is 9.29. The van der Waals surface area contributed by atoms with Crippen LogP contribution in [-0.2, 0) is 6.42 Å². The van der Waals surface area contributed by atoms with Crippen LogP contribution in [0.15, 0.2) is 48.4 Å². The summed E-state index contributed by atoms with van der Waals surface area (Å²) in [5.74, 6) is 0.896. The molecular formula is C24H25N7OS. The van der Waals surface area contributed by atoms with E-state index in [0.717, 1.165) is 59.2 Å². The predicted molar refractivity (Wildman–Crippen MR) is 130 cm³/mol. The molecule has 0 bridgehead atoms. The maximum absolute atomic E-state index is 13.1. The molecule has 0 unspecified atom stereocenters. The van der Waals surface area contributed by atoms with Crippen LogP contribution in [0.2, 0.25) is 0 Å². The molecule has 0 spiro atoms. The second-order valence-electron chi connectivity index (χ2n) is 8.46. The number of ketones is 1. The summed E-state index contributed by atoms with van der Waals surface area (Å²) in [4.78, 5) is 31.2. The number of carbonyl (C=O) groups excluding carboxylic acids is 1. The third-order valence-corrected chi connectivity index (χ3v) is 6.73. The summed E-state index contributed by atoms with van der Waals surface area (Å²) in [6.45, 7) is 8.29. The SMILES string of the molecule is CC(C)N1CCN(c2cc(C(=O)Cc3cc4cc(-c5nncs5)ncc4cn3)ccn2)CC1. The van der Waals surface area contributed by atoms with Crippen LogP contribution >= 0.6 is 11.3 Å². The van der Waals surface area contributed by atoms with Gasteiger partial charge < -0.3 is 4.90 Å². The van der Waals surface area contributed by atoms with Gasteiger partial charge in [-0.2, -0.15) is 0 Å². The van der Waals surface area contributed by atoms with Gasteiger partial charge in [-0.05, 0) is 43.5 Å². The quantitative estimate of drug-likeness (QED) is 0.405. The Morgan fingerprint density at radius 1 is 1.03 bits per heavy atom. The number of aromatic nitrogens is 5. The Labute approximate surface area is 196 Å².